The lowest BCUT2D eigenvalue weighted by Gasteiger charge is -2.10. The van der Waals surface area contributed by atoms with Gasteiger partial charge in [-0.25, -0.2) is 0 Å². The predicted molar refractivity (Wildman–Crippen MR) is 114 cm³/mol. The highest BCUT2D eigenvalue weighted by atomic mass is 32.2. The van der Waals surface area contributed by atoms with Gasteiger partial charge in [0.05, 0.1) is 7.11 Å². The first kappa shape index (κ1) is 19.5. The van der Waals surface area contributed by atoms with E-state index >= 15 is 0 Å². The fraction of sp³-hybridized carbons (Fsp3) is 0.136. The number of hydrogen-bond acceptors (Lipinski definition) is 4. The number of benzene rings is 2. The van der Waals surface area contributed by atoms with Crippen LogP contribution in [0.1, 0.15) is 22.3 Å². The summed E-state index contributed by atoms with van der Waals surface area (Å²) in [6.07, 6.45) is 3.27. The molecular weight excluding hydrogens is 372 g/mol. The third kappa shape index (κ3) is 3.71. The highest BCUT2D eigenvalue weighted by Gasteiger charge is 2.17. The van der Waals surface area contributed by atoms with Crippen molar-refractivity contribution in [3.05, 3.63) is 63.6 Å². The van der Waals surface area contributed by atoms with Gasteiger partial charge in [-0.05, 0) is 77.7 Å². The summed E-state index contributed by atoms with van der Waals surface area (Å²) in [7, 11) is -0.900. The summed E-state index contributed by atoms with van der Waals surface area (Å²) in [5, 5.41) is 13.7. The molecule has 0 aromatic heterocycles. The minimum absolute atomic E-state index is 0.0423. The third-order valence-corrected chi connectivity index (χ3v) is 6.32. The van der Waals surface area contributed by atoms with Crippen molar-refractivity contribution in [1.82, 2.24) is 0 Å². The topological polar surface area (TPSA) is 79.2 Å². The zero-order valence-electron chi connectivity index (χ0n) is 15.9. The van der Waals surface area contributed by atoms with Crippen LogP contribution in [0.3, 0.4) is 0 Å². The van der Waals surface area contributed by atoms with E-state index in [1.807, 2.05) is 26.0 Å². The van der Waals surface area contributed by atoms with Crippen LogP contribution in [0.4, 0.5) is 5.69 Å². The Morgan fingerprint density at radius 3 is 2.71 bits per heavy atom. The number of nitrogens with one attached hydrogen (secondary N) is 1. The molecule has 0 saturated carbocycles. The largest absolute Gasteiger partial charge is 0.496 e. The van der Waals surface area contributed by atoms with E-state index in [4.69, 9.17) is 4.74 Å². The van der Waals surface area contributed by atoms with Crippen molar-refractivity contribution < 1.29 is 13.7 Å². The molecule has 2 aromatic rings. The molecule has 1 aliphatic rings. The number of anilines is 1. The second-order valence-corrected chi connectivity index (χ2v) is 8.74. The molecule has 0 spiro atoms. The molecule has 1 N–H and O–H groups in total. The Morgan fingerprint density at radius 1 is 1.29 bits per heavy atom. The van der Waals surface area contributed by atoms with Crippen molar-refractivity contribution in [3.8, 4) is 11.8 Å². The second-order valence-electron chi connectivity index (χ2n) is 6.57. The Balaban J connectivity index is 1.89. The molecule has 5 nitrogen and oxygen atoms in total. The second kappa shape index (κ2) is 7.37. The number of nitriles is 1. The minimum Gasteiger partial charge on any atom is -0.496 e. The van der Waals surface area contributed by atoms with Gasteiger partial charge in [0.1, 0.15) is 17.4 Å². The lowest BCUT2D eigenvalue weighted by molar-refractivity contribution is -0.112. The van der Waals surface area contributed by atoms with E-state index in [9.17, 15) is 14.3 Å². The van der Waals surface area contributed by atoms with Gasteiger partial charge in [-0.3, -0.25) is 9.00 Å². The van der Waals surface area contributed by atoms with Gasteiger partial charge in [0.2, 0.25) is 0 Å². The quantitative estimate of drug-likeness (QED) is 0.486. The van der Waals surface area contributed by atoms with Crippen LogP contribution in [0.15, 0.2) is 46.2 Å². The molecule has 6 heteroatoms. The fourth-order valence-corrected chi connectivity index (χ4v) is 4.34. The van der Waals surface area contributed by atoms with E-state index in [0.29, 0.717) is 21.9 Å². The Morgan fingerprint density at radius 2 is 2.04 bits per heavy atom. The van der Waals surface area contributed by atoms with E-state index in [1.54, 1.807) is 42.9 Å². The van der Waals surface area contributed by atoms with Gasteiger partial charge in [-0.2, -0.15) is 5.26 Å². The first-order valence-corrected chi connectivity index (χ1v) is 10.3. The van der Waals surface area contributed by atoms with Crippen LogP contribution in [0, 0.1) is 25.2 Å². The monoisotopic (exact) mass is 392 g/mol. The van der Waals surface area contributed by atoms with Gasteiger partial charge < -0.3 is 10.1 Å². The van der Waals surface area contributed by atoms with E-state index in [1.165, 1.54) is 6.08 Å². The summed E-state index contributed by atoms with van der Waals surface area (Å²) in [4.78, 5) is 13.2. The number of hydrogen-bond donors (Lipinski definition) is 1. The van der Waals surface area contributed by atoms with Crippen molar-refractivity contribution in [1.29, 1.82) is 5.26 Å². The van der Waals surface area contributed by atoms with Gasteiger partial charge in [0.25, 0.3) is 5.91 Å². The summed E-state index contributed by atoms with van der Waals surface area (Å²) >= 11 is 0. The van der Waals surface area contributed by atoms with Crippen molar-refractivity contribution in [3.63, 3.8) is 0 Å². The number of rotatable bonds is 4. The first-order valence-electron chi connectivity index (χ1n) is 8.53. The van der Waals surface area contributed by atoms with Gasteiger partial charge >= 0.3 is 0 Å². The minimum atomic E-state index is -2.48. The molecule has 1 amide bonds. The molecule has 0 fully saturated rings. The molecule has 2 aromatic carbocycles. The maximum Gasteiger partial charge on any atom is 0.266 e. The highest BCUT2D eigenvalue weighted by molar-refractivity contribution is 8.03. The maximum atomic E-state index is 12.6. The summed E-state index contributed by atoms with van der Waals surface area (Å²) in [6, 6.07) is 10.7. The molecule has 1 heterocycles. The predicted octanol–water partition coefficient (Wildman–Crippen LogP) is 3.92. The average Bonchev–Trinajstić information content (AvgIpc) is 2.96. The molecule has 3 rings (SSSR count). The number of methoxy groups -OCH3 is 1. The van der Waals surface area contributed by atoms with Gasteiger partial charge in [0, 0.05) is 20.1 Å². The number of aryl methyl sites for hydroxylation is 1. The number of carbonyl (C=O) groups is 1. The maximum absolute atomic E-state index is 12.6. The van der Waals surface area contributed by atoms with E-state index in [2.05, 4.69) is 11.2 Å². The number of amides is 1. The lowest BCUT2D eigenvalue weighted by atomic mass is 10.0. The third-order valence-electron chi connectivity index (χ3n) is 4.65. The molecule has 1 unspecified atom stereocenters. The average molecular weight is 392 g/mol. The zero-order valence-corrected chi connectivity index (χ0v) is 16.7. The fourth-order valence-electron chi connectivity index (χ4n) is 2.97. The summed E-state index contributed by atoms with van der Waals surface area (Å²) in [6.45, 7) is 3.89. The number of carbonyl (C=O) groups excluding carboxylic acids is 1. The molecule has 142 valence electrons. The van der Waals surface area contributed by atoms with Crippen molar-refractivity contribution in [2.45, 2.75) is 18.7 Å². The smallest absolute Gasteiger partial charge is 0.266 e. The van der Waals surface area contributed by atoms with Gasteiger partial charge in [-0.1, -0.05) is 12.1 Å². The van der Waals surface area contributed by atoms with Crippen LogP contribution in [0.25, 0.3) is 12.2 Å². The summed E-state index contributed by atoms with van der Waals surface area (Å²) in [5.41, 5.74) is 3.94. The van der Waals surface area contributed by atoms with E-state index in [-0.39, 0.29) is 5.57 Å². The molecular formula is C22H20N2O3S. The highest BCUT2D eigenvalue weighted by Crippen LogP contribution is 2.29. The van der Waals surface area contributed by atoms with E-state index < -0.39 is 15.4 Å². The number of ether oxygens (including phenoxy) is 1. The molecule has 0 saturated heterocycles. The van der Waals surface area contributed by atoms with Crippen molar-refractivity contribution in [2.24, 2.45) is 0 Å². The normalized spacial score (nSPS) is 17.7. The Hall–Kier alpha value is -3.30. The van der Waals surface area contributed by atoms with Crippen LogP contribution >= 0.6 is 0 Å². The van der Waals surface area contributed by atoms with Crippen LogP contribution in [-0.4, -0.2) is 23.1 Å². The van der Waals surface area contributed by atoms with Gasteiger partial charge in [0.15, 0.2) is 0 Å². The van der Waals surface area contributed by atoms with Crippen molar-refractivity contribution >= 4 is 39.1 Å². The first-order chi connectivity index (χ1) is 13.2. The van der Waals surface area contributed by atoms with E-state index in [0.717, 1.165) is 16.7 Å². The standard InChI is InChI=1S/C22H20N2O3S/c1-14-9-16(11-20(27-3)15(14)2)10-18(13-23)22(25)24-19-6-5-17-7-8-28(4,26)21(17)12-19/h5-12H,4H2,1-3H3,(H,24,25)/b18-10+. The van der Waals surface area contributed by atoms with Crippen LogP contribution < -0.4 is 10.1 Å². The summed E-state index contributed by atoms with van der Waals surface area (Å²) in [5.74, 6) is 3.88. The zero-order chi connectivity index (χ0) is 20.5. The molecule has 0 radical (unpaired) electrons. The molecule has 1 atom stereocenters. The Kier molecular flexibility index (Phi) is 5.12. The number of nitrogens with zero attached hydrogens (tertiary/aromatic N) is 1. The Bertz CT molecular complexity index is 1180. The van der Waals surface area contributed by atoms with Crippen LogP contribution in [-0.2, 0) is 14.3 Å². The van der Waals surface area contributed by atoms with Crippen molar-refractivity contribution in [2.75, 3.05) is 12.4 Å². The molecule has 1 aliphatic heterocycles. The molecule has 0 bridgehead atoms. The van der Waals surface area contributed by atoms with Crippen LogP contribution in [0.5, 0.6) is 5.75 Å². The SMILES string of the molecule is C=S1(=O)C=Cc2ccc(NC(=O)/C(C#N)=C/c3cc(C)c(C)c(OC)c3)cc21. The Labute approximate surface area is 165 Å². The lowest BCUT2D eigenvalue weighted by Crippen LogP contribution is -2.13. The summed E-state index contributed by atoms with van der Waals surface area (Å²) < 4.78 is 17.8. The van der Waals surface area contributed by atoms with Crippen LogP contribution in [0.2, 0.25) is 0 Å². The molecule has 0 aliphatic carbocycles. The number of fused-ring (bicyclic) bond motifs is 1. The molecule has 28 heavy (non-hydrogen) atoms. The van der Waals surface area contributed by atoms with Gasteiger partial charge in [-0.15, -0.1) is 0 Å².